The highest BCUT2D eigenvalue weighted by molar-refractivity contribution is 5.68. The molecule has 1 heterocycles. The summed E-state index contributed by atoms with van der Waals surface area (Å²) in [4.78, 5) is 13.6. The lowest BCUT2D eigenvalue weighted by Crippen LogP contribution is -2.48. The van der Waals surface area contributed by atoms with E-state index in [-0.39, 0.29) is 12.2 Å². The van der Waals surface area contributed by atoms with Crippen LogP contribution in [0, 0.1) is 5.92 Å². The minimum atomic E-state index is -0.428. The first-order valence-electron chi connectivity index (χ1n) is 5.84. The van der Waals surface area contributed by atoms with Gasteiger partial charge in [-0.15, -0.1) is 0 Å². The number of carbonyl (C=O) groups excluding carboxylic acids is 1. The number of piperidine rings is 1. The van der Waals surface area contributed by atoms with Crippen LogP contribution in [-0.4, -0.2) is 42.9 Å². The van der Waals surface area contributed by atoms with E-state index in [4.69, 9.17) is 9.47 Å². The fourth-order valence-electron chi connectivity index (χ4n) is 1.83. The molecule has 1 rings (SSSR count). The van der Waals surface area contributed by atoms with Gasteiger partial charge in [-0.25, -0.2) is 4.79 Å². The second-order valence-corrected chi connectivity index (χ2v) is 5.47. The molecule has 0 saturated carbocycles. The molecule has 1 aliphatic heterocycles. The summed E-state index contributed by atoms with van der Waals surface area (Å²) in [6.07, 6.45) is 0.861. The standard InChI is InChI=1S/C12H23NO3/c1-9-6-7-13(8-10(9)15-5)11(14)16-12(2,3)4/h9-10H,6-8H2,1-5H3. The number of likely N-dealkylation sites (tertiary alicyclic amines) is 1. The maximum atomic E-state index is 11.8. The summed E-state index contributed by atoms with van der Waals surface area (Å²) >= 11 is 0. The minimum Gasteiger partial charge on any atom is -0.444 e. The van der Waals surface area contributed by atoms with Crippen LogP contribution in [-0.2, 0) is 9.47 Å². The van der Waals surface area contributed by atoms with Crippen LogP contribution in [0.4, 0.5) is 4.79 Å². The predicted octanol–water partition coefficient (Wildman–Crippen LogP) is 2.28. The molecule has 2 atom stereocenters. The predicted molar refractivity (Wildman–Crippen MR) is 62.4 cm³/mol. The van der Waals surface area contributed by atoms with Gasteiger partial charge in [0.2, 0.25) is 0 Å². The Bertz CT molecular complexity index is 247. The minimum absolute atomic E-state index is 0.126. The lowest BCUT2D eigenvalue weighted by molar-refractivity contribution is -0.0246. The van der Waals surface area contributed by atoms with Crippen molar-refractivity contribution in [2.24, 2.45) is 5.92 Å². The van der Waals surface area contributed by atoms with Gasteiger partial charge in [-0.2, -0.15) is 0 Å². The van der Waals surface area contributed by atoms with Crippen molar-refractivity contribution in [3.05, 3.63) is 0 Å². The highest BCUT2D eigenvalue weighted by Crippen LogP contribution is 2.21. The zero-order valence-electron chi connectivity index (χ0n) is 10.9. The Balaban J connectivity index is 2.52. The number of hydrogen-bond acceptors (Lipinski definition) is 3. The van der Waals surface area contributed by atoms with Gasteiger partial charge in [-0.3, -0.25) is 0 Å². The summed E-state index contributed by atoms with van der Waals surface area (Å²) in [7, 11) is 1.69. The fourth-order valence-corrected chi connectivity index (χ4v) is 1.83. The van der Waals surface area contributed by atoms with E-state index in [1.165, 1.54) is 0 Å². The molecule has 0 bridgehead atoms. The van der Waals surface area contributed by atoms with E-state index < -0.39 is 5.60 Å². The first-order chi connectivity index (χ1) is 7.33. The van der Waals surface area contributed by atoms with Gasteiger partial charge in [-0.1, -0.05) is 6.92 Å². The summed E-state index contributed by atoms with van der Waals surface area (Å²) < 4.78 is 10.7. The van der Waals surface area contributed by atoms with E-state index in [0.29, 0.717) is 12.5 Å². The van der Waals surface area contributed by atoms with Crippen LogP contribution in [0.1, 0.15) is 34.1 Å². The van der Waals surface area contributed by atoms with Crippen molar-refractivity contribution in [3.8, 4) is 0 Å². The Morgan fingerprint density at radius 3 is 2.50 bits per heavy atom. The van der Waals surface area contributed by atoms with E-state index >= 15 is 0 Å². The molecule has 0 radical (unpaired) electrons. The Hall–Kier alpha value is -0.770. The topological polar surface area (TPSA) is 38.8 Å². The van der Waals surface area contributed by atoms with Gasteiger partial charge >= 0.3 is 6.09 Å². The van der Waals surface area contributed by atoms with Crippen LogP contribution in [0.5, 0.6) is 0 Å². The first-order valence-corrected chi connectivity index (χ1v) is 5.84. The molecule has 4 nitrogen and oxygen atoms in total. The van der Waals surface area contributed by atoms with Gasteiger partial charge in [0.15, 0.2) is 0 Å². The van der Waals surface area contributed by atoms with Gasteiger partial charge in [-0.05, 0) is 33.1 Å². The maximum absolute atomic E-state index is 11.8. The van der Waals surface area contributed by atoms with Gasteiger partial charge < -0.3 is 14.4 Å². The van der Waals surface area contributed by atoms with Crippen molar-refractivity contribution >= 4 is 6.09 Å². The number of methoxy groups -OCH3 is 1. The summed E-state index contributed by atoms with van der Waals surface area (Å²) in [6, 6.07) is 0. The average Bonchev–Trinajstić information content (AvgIpc) is 2.15. The lowest BCUT2D eigenvalue weighted by Gasteiger charge is -2.36. The van der Waals surface area contributed by atoms with Crippen molar-refractivity contribution in [1.82, 2.24) is 4.90 Å². The molecule has 1 aliphatic rings. The number of ether oxygens (including phenoxy) is 2. The molecule has 4 heteroatoms. The maximum Gasteiger partial charge on any atom is 0.410 e. The van der Waals surface area contributed by atoms with Crippen molar-refractivity contribution in [3.63, 3.8) is 0 Å². The lowest BCUT2D eigenvalue weighted by atomic mass is 9.96. The quantitative estimate of drug-likeness (QED) is 0.692. The Morgan fingerprint density at radius 1 is 1.38 bits per heavy atom. The molecule has 16 heavy (non-hydrogen) atoms. The van der Waals surface area contributed by atoms with Gasteiger partial charge in [0.25, 0.3) is 0 Å². The van der Waals surface area contributed by atoms with Crippen molar-refractivity contribution in [2.75, 3.05) is 20.2 Å². The molecular formula is C12H23NO3. The van der Waals surface area contributed by atoms with Crippen LogP contribution < -0.4 is 0 Å². The van der Waals surface area contributed by atoms with Crippen molar-refractivity contribution < 1.29 is 14.3 Å². The third kappa shape index (κ3) is 3.67. The summed E-state index contributed by atoms with van der Waals surface area (Å²) in [6.45, 7) is 9.19. The van der Waals surface area contributed by atoms with Gasteiger partial charge in [0.1, 0.15) is 5.60 Å². The molecule has 0 N–H and O–H groups in total. The summed E-state index contributed by atoms with van der Waals surface area (Å²) in [5, 5.41) is 0. The molecule has 1 amide bonds. The average molecular weight is 229 g/mol. The molecule has 94 valence electrons. The second kappa shape index (κ2) is 5.04. The zero-order valence-corrected chi connectivity index (χ0v) is 10.9. The zero-order chi connectivity index (χ0) is 12.3. The number of carbonyl (C=O) groups is 1. The van der Waals surface area contributed by atoms with Crippen LogP contribution in [0.2, 0.25) is 0 Å². The first kappa shape index (κ1) is 13.3. The van der Waals surface area contributed by atoms with Crippen LogP contribution in [0.3, 0.4) is 0 Å². The highest BCUT2D eigenvalue weighted by atomic mass is 16.6. The molecule has 0 aromatic carbocycles. The van der Waals surface area contributed by atoms with E-state index in [0.717, 1.165) is 13.0 Å². The Kier molecular flexibility index (Phi) is 4.19. The molecule has 1 fully saturated rings. The van der Waals surface area contributed by atoms with Crippen LogP contribution in [0.15, 0.2) is 0 Å². The molecule has 2 unspecified atom stereocenters. The van der Waals surface area contributed by atoms with E-state index in [9.17, 15) is 4.79 Å². The van der Waals surface area contributed by atoms with Crippen LogP contribution in [0.25, 0.3) is 0 Å². The normalized spacial score (nSPS) is 26.7. The van der Waals surface area contributed by atoms with Gasteiger partial charge in [0.05, 0.1) is 12.6 Å². The van der Waals surface area contributed by atoms with Gasteiger partial charge in [0, 0.05) is 13.7 Å². The van der Waals surface area contributed by atoms with Crippen LogP contribution >= 0.6 is 0 Å². The monoisotopic (exact) mass is 229 g/mol. The fraction of sp³-hybridized carbons (Fsp3) is 0.917. The number of amides is 1. The molecule has 0 spiro atoms. The second-order valence-electron chi connectivity index (χ2n) is 5.47. The third-order valence-corrected chi connectivity index (χ3v) is 2.84. The largest absolute Gasteiger partial charge is 0.444 e. The Morgan fingerprint density at radius 2 is 2.00 bits per heavy atom. The summed E-state index contributed by atoms with van der Waals surface area (Å²) in [5.74, 6) is 0.503. The number of rotatable bonds is 1. The molecule has 0 aliphatic carbocycles. The van der Waals surface area contributed by atoms with Crippen molar-refractivity contribution in [1.29, 1.82) is 0 Å². The molecule has 0 aromatic heterocycles. The number of hydrogen-bond donors (Lipinski definition) is 0. The molecule has 0 aromatic rings. The van der Waals surface area contributed by atoms with E-state index in [1.807, 2.05) is 20.8 Å². The third-order valence-electron chi connectivity index (χ3n) is 2.84. The molecular weight excluding hydrogens is 206 g/mol. The number of nitrogens with zero attached hydrogens (tertiary/aromatic N) is 1. The molecule has 1 saturated heterocycles. The van der Waals surface area contributed by atoms with E-state index in [1.54, 1.807) is 12.0 Å². The van der Waals surface area contributed by atoms with E-state index in [2.05, 4.69) is 6.92 Å². The highest BCUT2D eigenvalue weighted by Gasteiger charge is 2.31. The smallest absolute Gasteiger partial charge is 0.410 e. The SMILES string of the molecule is COC1CN(C(=O)OC(C)(C)C)CCC1C. The van der Waals surface area contributed by atoms with Crippen molar-refractivity contribution in [2.45, 2.75) is 45.8 Å². The Labute approximate surface area is 97.9 Å². The summed E-state index contributed by atoms with van der Waals surface area (Å²) in [5.41, 5.74) is -0.428.